The minimum absolute atomic E-state index is 0.0979. The maximum atomic E-state index is 13.0. The number of oxazole rings is 1. The monoisotopic (exact) mass is 494 g/mol. The lowest BCUT2D eigenvalue weighted by Gasteiger charge is -2.27. The fraction of sp³-hybridized carbons (Fsp3) is 0.550. The number of aromatic nitrogens is 1. The van der Waals surface area contributed by atoms with Gasteiger partial charge in [0.1, 0.15) is 0 Å². The number of benzene rings is 1. The number of rotatable bonds is 7. The Morgan fingerprint density at radius 3 is 2.28 bits per heavy atom. The molecular weight excluding hydrogens is 469 g/mol. The van der Waals surface area contributed by atoms with Crippen LogP contribution in [0.15, 0.2) is 34.7 Å². The lowest BCUT2D eigenvalue weighted by atomic mass is 9.97. The summed E-state index contributed by atoms with van der Waals surface area (Å²) < 4.78 is 87.8. The van der Waals surface area contributed by atoms with Crippen molar-refractivity contribution in [2.45, 2.75) is 62.8 Å². The number of halogens is 3. The molecule has 1 N–H and O–H groups in total. The van der Waals surface area contributed by atoms with Gasteiger partial charge >= 0.3 is 15.6 Å². The topological polar surface area (TPSA) is 98.5 Å². The van der Waals surface area contributed by atoms with Gasteiger partial charge in [-0.3, -0.25) is 0 Å². The summed E-state index contributed by atoms with van der Waals surface area (Å²) in [5.74, 6) is -1.27. The van der Waals surface area contributed by atoms with Gasteiger partial charge < -0.3 is 8.60 Å². The zero-order valence-corrected chi connectivity index (χ0v) is 19.4. The van der Waals surface area contributed by atoms with E-state index in [1.165, 1.54) is 0 Å². The molecule has 12 heteroatoms. The van der Waals surface area contributed by atoms with E-state index in [0.717, 1.165) is 12.8 Å². The van der Waals surface area contributed by atoms with Crippen LogP contribution in [-0.2, 0) is 21.1 Å². The van der Waals surface area contributed by atoms with E-state index in [0.29, 0.717) is 18.4 Å². The minimum atomic E-state index is -5.98. The Morgan fingerprint density at radius 1 is 1.16 bits per heavy atom. The van der Waals surface area contributed by atoms with Gasteiger partial charge in [-0.1, -0.05) is 31.0 Å². The summed E-state index contributed by atoms with van der Waals surface area (Å²) in [5, 5.41) is 0. The summed E-state index contributed by atoms with van der Waals surface area (Å²) in [5.41, 5.74) is -5.21. The highest BCUT2D eigenvalue weighted by molar-refractivity contribution is 7.88. The van der Waals surface area contributed by atoms with Crippen molar-refractivity contribution < 1.29 is 34.4 Å². The molecule has 1 fully saturated rings. The second kappa shape index (κ2) is 9.14. The van der Waals surface area contributed by atoms with Crippen molar-refractivity contribution in [2.24, 2.45) is 5.92 Å². The zero-order chi connectivity index (χ0) is 23.7. The standard InChI is InChI=1S/C20H25F3N2O5S2/c1-19(2,3)31(26)25-15(13-9-7-8-10-13)16-18(30-32(27,28)20(21,22)23)24-17(29-16)14-11-5-4-6-12-14/h4-6,11-13,15,25H,7-10H2,1-3H3/t15-,31+/m1/s1. The van der Waals surface area contributed by atoms with Crippen LogP contribution in [0.2, 0.25) is 0 Å². The number of hydrogen-bond acceptors (Lipinski definition) is 6. The van der Waals surface area contributed by atoms with Gasteiger partial charge in [-0.25, -0.2) is 8.93 Å². The van der Waals surface area contributed by atoms with Crippen LogP contribution in [-0.4, -0.2) is 27.9 Å². The van der Waals surface area contributed by atoms with Crippen LogP contribution in [0.4, 0.5) is 13.2 Å². The first-order chi connectivity index (χ1) is 14.8. The first-order valence-corrected chi connectivity index (χ1v) is 12.6. The molecule has 0 saturated heterocycles. The molecule has 0 amide bonds. The van der Waals surface area contributed by atoms with Crippen molar-refractivity contribution >= 4 is 21.1 Å². The maximum Gasteiger partial charge on any atom is 0.534 e. The van der Waals surface area contributed by atoms with E-state index >= 15 is 0 Å². The lowest BCUT2D eigenvalue weighted by Crippen LogP contribution is -2.38. The molecule has 7 nitrogen and oxygen atoms in total. The SMILES string of the molecule is CC(C)(C)[S@](=O)N[C@@H](c1oc(-c2ccccc2)nc1OS(=O)(=O)C(F)(F)F)C1CCCC1. The molecule has 32 heavy (non-hydrogen) atoms. The minimum Gasteiger partial charge on any atom is -0.435 e. The Morgan fingerprint density at radius 2 is 1.75 bits per heavy atom. The van der Waals surface area contributed by atoms with E-state index in [-0.39, 0.29) is 17.6 Å². The summed E-state index contributed by atoms with van der Waals surface area (Å²) in [6, 6.07) is 7.46. The van der Waals surface area contributed by atoms with Crippen LogP contribution in [0.3, 0.4) is 0 Å². The highest BCUT2D eigenvalue weighted by Gasteiger charge is 2.50. The molecule has 1 aromatic carbocycles. The van der Waals surface area contributed by atoms with Gasteiger partial charge in [-0.05, 0) is 51.7 Å². The summed E-state index contributed by atoms with van der Waals surface area (Å²) in [7, 11) is -7.59. The Balaban J connectivity index is 2.11. The first kappa shape index (κ1) is 24.7. The molecule has 2 aromatic rings. The number of nitrogens with one attached hydrogen (secondary N) is 1. The molecule has 1 heterocycles. The van der Waals surface area contributed by atoms with Gasteiger partial charge in [0.25, 0.3) is 5.88 Å². The molecular formula is C20H25F3N2O5S2. The van der Waals surface area contributed by atoms with Gasteiger partial charge in [-0.2, -0.15) is 26.6 Å². The van der Waals surface area contributed by atoms with Crippen molar-refractivity contribution in [3.05, 3.63) is 36.1 Å². The third-order valence-corrected chi connectivity index (χ3v) is 7.58. The molecule has 2 atom stereocenters. The van der Waals surface area contributed by atoms with E-state index in [2.05, 4.69) is 13.9 Å². The number of nitrogens with zero attached hydrogens (tertiary/aromatic N) is 1. The fourth-order valence-corrected chi connectivity index (χ4v) is 4.68. The average Bonchev–Trinajstić information content (AvgIpc) is 3.35. The maximum absolute atomic E-state index is 13.0. The molecule has 0 bridgehead atoms. The van der Waals surface area contributed by atoms with Crippen LogP contribution in [0, 0.1) is 5.92 Å². The number of hydrogen-bond donors (Lipinski definition) is 1. The van der Waals surface area contributed by atoms with E-state index in [1.54, 1.807) is 51.1 Å². The van der Waals surface area contributed by atoms with Gasteiger partial charge in [-0.15, -0.1) is 0 Å². The second-order valence-electron chi connectivity index (χ2n) is 8.56. The molecule has 0 aliphatic heterocycles. The fourth-order valence-electron chi connectivity index (χ4n) is 3.38. The van der Waals surface area contributed by atoms with E-state index in [4.69, 9.17) is 4.42 Å². The second-order valence-corrected chi connectivity index (χ2v) is 12.1. The van der Waals surface area contributed by atoms with Crippen molar-refractivity contribution in [2.75, 3.05) is 0 Å². The Bertz CT molecular complexity index is 1060. The van der Waals surface area contributed by atoms with Crippen LogP contribution < -0.4 is 8.91 Å². The normalized spacial score (nSPS) is 17.9. The molecule has 1 saturated carbocycles. The van der Waals surface area contributed by atoms with Crippen molar-refractivity contribution in [1.29, 1.82) is 0 Å². The van der Waals surface area contributed by atoms with Gasteiger partial charge in [0.2, 0.25) is 5.89 Å². The largest absolute Gasteiger partial charge is 0.534 e. The van der Waals surface area contributed by atoms with Crippen LogP contribution >= 0.6 is 0 Å². The van der Waals surface area contributed by atoms with Gasteiger partial charge in [0.15, 0.2) is 5.76 Å². The molecule has 3 rings (SSSR count). The zero-order valence-electron chi connectivity index (χ0n) is 17.8. The van der Waals surface area contributed by atoms with Gasteiger partial charge in [0, 0.05) is 5.56 Å². The van der Waals surface area contributed by atoms with E-state index in [9.17, 15) is 25.8 Å². The molecule has 0 spiro atoms. The van der Waals surface area contributed by atoms with Crippen LogP contribution in [0.5, 0.6) is 5.88 Å². The predicted octanol–water partition coefficient (Wildman–Crippen LogP) is 4.85. The summed E-state index contributed by atoms with van der Waals surface area (Å²) in [6.45, 7) is 5.22. The summed E-state index contributed by atoms with van der Waals surface area (Å²) in [6.07, 6.45) is 3.15. The third-order valence-electron chi connectivity index (χ3n) is 5.06. The van der Waals surface area contributed by atoms with Crippen LogP contribution in [0.1, 0.15) is 58.3 Å². The third kappa shape index (κ3) is 5.52. The Labute approximate surface area is 187 Å². The number of alkyl halides is 3. The highest BCUT2D eigenvalue weighted by Crippen LogP contribution is 2.42. The van der Waals surface area contributed by atoms with E-state index in [1.807, 2.05) is 0 Å². The van der Waals surface area contributed by atoms with Crippen molar-refractivity contribution in [1.82, 2.24) is 9.71 Å². The first-order valence-electron chi connectivity index (χ1n) is 10.0. The van der Waals surface area contributed by atoms with Crippen LogP contribution in [0.25, 0.3) is 11.5 Å². The lowest BCUT2D eigenvalue weighted by molar-refractivity contribution is -0.0501. The highest BCUT2D eigenvalue weighted by atomic mass is 32.2. The smallest absolute Gasteiger partial charge is 0.435 e. The van der Waals surface area contributed by atoms with Crippen molar-refractivity contribution in [3.63, 3.8) is 0 Å². The molecule has 1 aromatic heterocycles. The molecule has 0 radical (unpaired) electrons. The molecule has 178 valence electrons. The van der Waals surface area contributed by atoms with E-state index < -0.39 is 43.3 Å². The molecule has 0 unspecified atom stereocenters. The molecule has 1 aliphatic carbocycles. The van der Waals surface area contributed by atoms with Crippen molar-refractivity contribution in [3.8, 4) is 17.3 Å². The predicted molar refractivity (Wildman–Crippen MR) is 113 cm³/mol. The summed E-state index contributed by atoms with van der Waals surface area (Å²) >= 11 is 0. The van der Waals surface area contributed by atoms with Gasteiger partial charge in [0.05, 0.1) is 21.8 Å². The molecule has 1 aliphatic rings. The Hall–Kier alpha value is -1.92. The quantitative estimate of drug-likeness (QED) is 0.436. The summed E-state index contributed by atoms with van der Waals surface area (Å²) in [4.78, 5) is 3.93. The Kier molecular flexibility index (Phi) is 7.06. The average molecular weight is 495 g/mol.